The molecular formula is C12H12N2. The quantitative estimate of drug-likeness (QED) is 0.692. The van der Waals surface area contributed by atoms with Crippen molar-refractivity contribution in [2.45, 2.75) is 6.92 Å². The van der Waals surface area contributed by atoms with Crippen LogP contribution in [-0.2, 0) is 0 Å². The number of anilines is 1. The molecule has 0 saturated carbocycles. The van der Waals surface area contributed by atoms with Gasteiger partial charge in [-0.3, -0.25) is 4.98 Å². The third-order valence-corrected chi connectivity index (χ3v) is 2.13. The smallest absolute Gasteiger partial charge is 0.0725 e. The number of aryl methyl sites for hydroxylation is 1. The standard InChI is InChI=1S/C12H12N2/c1-9-5-4-8-12(14-9)10-6-2-3-7-11(10)13/h2-8H,13H2,1H3. The zero-order valence-electron chi connectivity index (χ0n) is 8.07. The van der Waals surface area contributed by atoms with Gasteiger partial charge in [-0.15, -0.1) is 0 Å². The minimum atomic E-state index is 0.769. The summed E-state index contributed by atoms with van der Waals surface area (Å²) in [5, 5.41) is 0. The van der Waals surface area contributed by atoms with Crippen molar-refractivity contribution in [1.29, 1.82) is 0 Å². The van der Waals surface area contributed by atoms with Gasteiger partial charge in [0.15, 0.2) is 0 Å². The first-order chi connectivity index (χ1) is 6.77. The molecule has 2 aromatic rings. The van der Waals surface area contributed by atoms with E-state index >= 15 is 0 Å². The largest absolute Gasteiger partial charge is 0.398 e. The molecule has 1 aromatic heterocycles. The Kier molecular flexibility index (Phi) is 2.19. The molecule has 2 nitrogen and oxygen atoms in total. The fourth-order valence-electron chi connectivity index (χ4n) is 1.42. The highest BCUT2D eigenvalue weighted by Crippen LogP contribution is 2.23. The van der Waals surface area contributed by atoms with Crippen LogP contribution in [0.2, 0.25) is 0 Å². The van der Waals surface area contributed by atoms with E-state index in [0.717, 1.165) is 22.6 Å². The predicted molar refractivity (Wildman–Crippen MR) is 58.8 cm³/mol. The molecule has 0 unspecified atom stereocenters. The van der Waals surface area contributed by atoms with Crippen LogP contribution in [0, 0.1) is 6.92 Å². The van der Waals surface area contributed by atoms with E-state index in [1.807, 2.05) is 49.4 Å². The molecule has 2 rings (SSSR count). The van der Waals surface area contributed by atoms with E-state index in [0.29, 0.717) is 0 Å². The average molecular weight is 184 g/mol. The molecule has 0 aliphatic carbocycles. The Hall–Kier alpha value is -1.83. The van der Waals surface area contributed by atoms with E-state index < -0.39 is 0 Å². The third kappa shape index (κ3) is 1.59. The van der Waals surface area contributed by atoms with Gasteiger partial charge in [0.1, 0.15) is 0 Å². The van der Waals surface area contributed by atoms with Gasteiger partial charge in [-0.2, -0.15) is 0 Å². The summed E-state index contributed by atoms with van der Waals surface area (Å²) in [6.07, 6.45) is 0. The van der Waals surface area contributed by atoms with E-state index in [9.17, 15) is 0 Å². The highest BCUT2D eigenvalue weighted by Gasteiger charge is 2.01. The fraction of sp³-hybridized carbons (Fsp3) is 0.0833. The molecule has 14 heavy (non-hydrogen) atoms. The van der Waals surface area contributed by atoms with Crippen molar-refractivity contribution >= 4 is 5.69 Å². The number of nitrogens with two attached hydrogens (primary N) is 1. The molecule has 2 N–H and O–H groups in total. The average Bonchev–Trinajstić information content (AvgIpc) is 2.18. The summed E-state index contributed by atoms with van der Waals surface area (Å²) in [5.74, 6) is 0. The van der Waals surface area contributed by atoms with Crippen LogP contribution in [0.4, 0.5) is 5.69 Å². The van der Waals surface area contributed by atoms with Crippen LogP contribution in [0.5, 0.6) is 0 Å². The van der Waals surface area contributed by atoms with Crippen LogP contribution < -0.4 is 5.73 Å². The maximum absolute atomic E-state index is 5.86. The van der Waals surface area contributed by atoms with Crippen LogP contribution >= 0.6 is 0 Å². The monoisotopic (exact) mass is 184 g/mol. The maximum Gasteiger partial charge on any atom is 0.0725 e. The van der Waals surface area contributed by atoms with Crippen molar-refractivity contribution in [3.8, 4) is 11.3 Å². The van der Waals surface area contributed by atoms with Crippen molar-refractivity contribution in [2.24, 2.45) is 0 Å². The topological polar surface area (TPSA) is 38.9 Å². The van der Waals surface area contributed by atoms with E-state index in [4.69, 9.17) is 5.73 Å². The molecule has 0 fully saturated rings. The van der Waals surface area contributed by atoms with Crippen LogP contribution in [-0.4, -0.2) is 4.98 Å². The number of benzene rings is 1. The van der Waals surface area contributed by atoms with Gasteiger partial charge in [-0.05, 0) is 25.1 Å². The Labute approximate surface area is 83.4 Å². The van der Waals surface area contributed by atoms with Gasteiger partial charge < -0.3 is 5.73 Å². The van der Waals surface area contributed by atoms with E-state index in [1.54, 1.807) is 0 Å². The van der Waals surface area contributed by atoms with Gasteiger partial charge in [-0.25, -0.2) is 0 Å². The number of nitrogen functional groups attached to an aromatic ring is 1. The molecule has 0 atom stereocenters. The number of nitrogens with zero attached hydrogens (tertiary/aromatic N) is 1. The highest BCUT2D eigenvalue weighted by atomic mass is 14.7. The lowest BCUT2D eigenvalue weighted by molar-refractivity contribution is 1.21. The van der Waals surface area contributed by atoms with Crippen molar-refractivity contribution in [3.05, 3.63) is 48.2 Å². The van der Waals surface area contributed by atoms with Crippen LogP contribution in [0.1, 0.15) is 5.69 Å². The second-order valence-electron chi connectivity index (χ2n) is 3.25. The van der Waals surface area contributed by atoms with E-state index in [2.05, 4.69) is 4.98 Å². The summed E-state index contributed by atoms with van der Waals surface area (Å²) in [6, 6.07) is 13.7. The summed E-state index contributed by atoms with van der Waals surface area (Å²) in [7, 11) is 0. The van der Waals surface area contributed by atoms with Gasteiger partial charge >= 0.3 is 0 Å². The van der Waals surface area contributed by atoms with Gasteiger partial charge in [0.05, 0.1) is 5.69 Å². The molecular weight excluding hydrogens is 172 g/mol. The van der Waals surface area contributed by atoms with Gasteiger partial charge in [-0.1, -0.05) is 24.3 Å². The normalized spacial score (nSPS) is 10.1. The molecule has 2 heteroatoms. The van der Waals surface area contributed by atoms with Crippen molar-refractivity contribution in [1.82, 2.24) is 4.98 Å². The first-order valence-electron chi connectivity index (χ1n) is 4.56. The SMILES string of the molecule is Cc1cccc(-c2ccccc2N)n1. The van der Waals surface area contributed by atoms with Crippen molar-refractivity contribution < 1.29 is 0 Å². The molecule has 70 valence electrons. The first-order valence-corrected chi connectivity index (χ1v) is 4.56. The maximum atomic E-state index is 5.86. The lowest BCUT2D eigenvalue weighted by Crippen LogP contribution is -1.92. The highest BCUT2D eigenvalue weighted by molar-refractivity contribution is 5.73. The molecule has 0 bridgehead atoms. The molecule has 1 heterocycles. The second-order valence-corrected chi connectivity index (χ2v) is 3.25. The Morgan fingerprint density at radius 2 is 1.79 bits per heavy atom. The number of pyridine rings is 1. The number of hydrogen-bond donors (Lipinski definition) is 1. The molecule has 0 radical (unpaired) electrons. The second kappa shape index (κ2) is 3.50. The zero-order valence-corrected chi connectivity index (χ0v) is 8.07. The van der Waals surface area contributed by atoms with Crippen molar-refractivity contribution in [2.75, 3.05) is 5.73 Å². The molecule has 0 aliphatic rings. The lowest BCUT2D eigenvalue weighted by atomic mass is 10.1. The summed E-state index contributed by atoms with van der Waals surface area (Å²) >= 11 is 0. The predicted octanol–water partition coefficient (Wildman–Crippen LogP) is 2.64. The Bertz CT molecular complexity index is 450. The summed E-state index contributed by atoms with van der Waals surface area (Å²) in [6.45, 7) is 1.97. The fourth-order valence-corrected chi connectivity index (χ4v) is 1.42. The van der Waals surface area contributed by atoms with E-state index in [-0.39, 0.29) is 0 Å². The molecule has 0 aliphatic heterocycles. The molecule has 1 aromatic carbocycles. The van der Waals surface area contributed by atoms with Crippen LogP contribution in [0.3, 0.4) is 0 Å². The number of para-hydroxylation sites is 1. The molecule has 0 spiro atoms. The molecule has 0 amide bonds. The lowest BCUT2D eigenvalue weighted by Gasteiger charge is -2.04. The van der Waals surface area contributed by atoms with Gasteiger partial charge in [0.25, 0.3) is 0 Å². The zero-order chi connectivity index (χ0) is 9.97. The summed E-state index contributed by atoms with van der Waals surface area (Å²) in [4.78, 5) is 4.42. The van der Waals surface area contributed by atoms with E-state index in [1.165, 1.54) is 0 Å². The number of hydrogen-bond acceptors (Lipinski definition) is 2. The third-order valence-electron chi connectivity index (χ3n) is 2.13. The summed E-state index contributed by atoms with van der Waals surface area (Å²) in [5.41, 5.74) is 9.57. The Balaban J connectivity index is 2.55. The molecule has 0 saturated heterocycles. The number of aromatic nitrogens is 1. The first kappa shape index (κ1) is 8.75. The van der Waals surface area contributed by atoms with Crippen molar-refractivity contribution in [3.63, 3.8) is 0 Å². The van der Waals surface area contributed by atoms with Crippen LogP contribution in [0.25, 0.3) is 11.3 Å². The Morgan fingerprint density at radius 1 is 1.00 bits per heavy atom. The summed E-state index contributed by atoms with van der Waals surface area (Å²) < 4.78 is 0. The number of rotatable bonds is 1. The van der Waals surface area contributed by atoms with Gasteiger partial charge in [0, 0.05) is 16.9 Å². The van der Waals surface area contributed by atoms with Gasteiger partial charge in [0.2, 0.25) is 0 Å². The minimum Gasteiger partial charge on any atom is -0.398 e. The van der Waals surface area contributed by atoms with Crippen LogP contribution in [0.15, 0.2) is 42.5 Å². The minimum absolute atomic E-state index is 0.769. The Morgan fingerprint density at radius 3 is 2.50 bits per heavy atom.